The molecule has 2 amide bonds. The Balaban J connectivity index is 1.35. The number of halogens is 1. The molecule has 0 radical (unpaired) electrons. The van der Waals surface area contributed by atoms with Gasteiger partial charge < -0.3 is 20.3 Å². The van der Waals surface area contributed by atoms with Gasteiger partial charge >= 0.3 is 6.03 Å². The number of hydrogen-bond donors (Lipinski definition) is 2. The van der Waals surface area contributed by atoms with Gasteiger partial charge in [-0.15, -0.1) is 0 Å². The van der Waals surface area contributed by atoms with Crippen LogP contribution in [0.2, 0.25) is 5.02 Å². The van der Waals surface area contributed by atoms with Crippen LogP contribution in [0.15, 0.2) is 42.5 Å². The van der Waals surface area contributed by atoms with Gasteiger partial charge in [0, 0.05) is 32.7 Å². The summed E-state index contributed by atoms with van der Waals surface area (Å²) in [5.41, 5.74) is 2.84. The van der Waals surface area contributed by atoms with Gasteiger partial charge in [-0.25, -0.2) is 4.79 Å². The van der Waals surface area contributed by atoms with E-state index in [9.17, 15) is 4.79 Å². The lowest BCUT2D eigenvalue weighted by Crippen LogP contribution is -2.47. The number of piperazine rings is 1. The van der Waals surface area contributed by atoms with Crippen LogP contribution >= 0.6 is 11.6 Å². The molecule has 0 spiro atoms. The highest BCUT2D eigenvalue weighted by atomic mass is 35.5. The minimum absolute atomic E-state index is 0.225. The van der Waals surface area contributed by atoms with Crippen molar-refractivity contribution in [3.05, 3.63) is 53.1 Å². The lowest BCUT2D eigenvalue weighted by Gasteiger charge is -2.36. The molecule has 7 heteroatoms. The van der Waals surface area contributed by atoms with Gasteiger partial charge in [0.15, 0.2) is 0 Å². The second-order valence-electron chi connectivity index (χ2n) is 7.22. The van der Waals surface area contributed by atoms with E-state index in [0.717, 1.165) is 56.1 Å². The van der Waals surface area contributed by atoms with E-state index in [0.29, 0.717) is 17.3 Å². The number of rotatable bonds is 7. The molecule has 0 aromatic heterocycles. The number of amides is 2. The Hall–Kier alpha value is -2.44. The monoisotopic (exact) mass is 416 g/mol. The highest BCUT2D eigenvalue weighted by Gasteiger charge is 2.19. The summed E-state index contributed by atoms with van der Waals surface area (Å²) in [7, 11) is 1.71. The molecule has 0 saturated carbocycles. The van der Waals surface area contributed by atoms with Crippen LogP contribution < -0.4 is 20.3 Å². The number of aryl methyl sites for hydroxylation is 1. The number of urea groups is 1. The number of nitrogens with zero attached hydrogens (tertiary/aromatic N) is 2. The first-order valence-corrected chi connectivity index (χ1v) is 10.4. The molecule has 0 aliphatic carbocycles. The number of carbonyl (C=O) groups excluding carboxylic acids is 1. The summed E-state index contributed by atoms with van der Waals surface area (Å²) in [5, 5.41) is 6.25. The molecule has 0 atom stereocenters. The van der Waals surface area contributed by atoms with Crippen LogP contribution in [0.25, 0.3) is 0 Å². The van der Waals surface area contributed by atoms with Gasteiger partial charge in [0.25, 0.3) is 0 Å². The first kappa shape index (κ1) is 21.3. The Bertz CT molecular complexity index is 822. The normalized spacial score (nSPS) is 14.5. The molecule has 2 aromatic carbocycles. The van der Waals surface area contributed by atoms with Crippen LogP contribution in [-0.2, 0) is 0 Å². The summed E-state index contributed by atoms with van der Waals surface area (Å²) in [4.78, 5) is 16.8. The molecule has 156 valence electrons. The van der Waals surface area contributed by atoms with Crippen LogP contribution in [0.4, 0.5) is 16.2 Å². The number of nitrogens with one attached hydrogen (secondary N) is 2. The van der Waals surface area contributed by atoms with Gasteiger partial charge in [0.1, 0.15) is 5.75 Å². The fourth-order valence-corrected chi connectivity index (χ4v) is 3.78. The van der Waals surface area contributed by atoms with Gasteiger partial charge in [-0.05, 0) is 49.7 Å². The van der Waals surface area contributed by atoms with E-state index in [2.05, 4.69) is 26.5 Å². The van der Waals surface area contributed by atoms with E-state index in [1.54, 1.807) is 7.11 Å². The van der Waals surface area contributed by atoms with E-state index in [1.165, 1.54) is 0 Å². The summed E-state index contributed by atoms with van der Waals surface area (Å²) in [6.45, 7) is 7.51. The maximum absolute atomic E-state index is 12.0. The average molecular weight is 417 g/mol. The lowest BCUT2D eigenvalue weighted by molar-refractivity contribution is 0.244. The van der Waals surface area contributed by atoms with E-state index in [-0.39, 0.29) is 6.03 Å². The summed E-state index contributed by atoms with van der Waals surface area (Å²) >= 11 is 6.15. The molecule has 29 heavy (non-hydrogen) atoms. The number of hydrogen-bond acceptors (Lipinski definition) is 4. The molecule has 2 N–H and O–H groups in total. The molecule has 3 rings (SSSR count). The number of methoxy groups -OCH3 is 1. The number of ether oxygens (including phenoxy) is 1. The third kappa shape index (κ3) is 6.02. The smallest absolute Gasteiger partial charge is 0.319 e. The third-order valence-corrected chi connectivity index (χ3v) is 5.42. The van der Waals surface area contributed by atoms with Crippen molar-refractivity contribution < 1.29 is 9.53 Å². The predicted molar refractivity (Wildman–Crippen MR) is 119 cm³/mol. The molecule has 1 saturated heterocycles. The maximum Gasteiger partial charge on any atom is 0.319 e. The topological polar surface area (TPSA) is 56.8 Å². The molecule has 1 aliphatic heterocycles. The summed E-state index contributed by atoms with van der Waals surface area (Å²) < 4.78 is 5.47. The Morgan fingerprint density at radius 1 is 1.14 bits per heavy atom. The molecular formula is C22H29ClN4O2. The van der Waals surface area contributed by atoms with E-state index < -0.39 is 0 Å². The van der Waals surface area contributed by atoms with Crippen LogP contribution in [0.5, 0.6) is 5.75 Å². The van der Waals surface area contributed by atoms with E-state index in [4.69, 9.17) is 16.3 Å². The number of benzene rings is 2. The van der Waals surface area contributed by atoms with Gasteiger partial charge in [0.05, 0.1) is 23.5 Å². The van der Waals surface area contributed by atoms with Crippen molar-refractivity contribution in [2.24, 2.45) is 0 Å². The summed E-state index contributed by atoms with van der Waals surface area (Å²) in [5.74, 6) is 0.921. The second kappa shape index (κ2) is 10.4. The first-order valence-electron chi connectivity index (χ1n) is 9.98. The minimum Gasteiger partial charge on any atom is -0.495 e. The minimum atomic E-state index is -0.225. The van der Waals surface area contributed by atoms with Crippen molar-refractivity contribution in [2.75, 3.05) is 56.6 Å². The van der Waals surface area contributed by atoms with Crippen LogP contribution in [0.3, 0.4) is 0 Å². The summed E-state index contributed by atoms with van der Waals surface area (Å²) in [6.07, 6.45) is 0.906. The zero-order chi connectivity index (χ0) is 20.6. The van der Waals surface area contributed by atoms with Crippen molar-refractivity contribution in [3.8, 4) is 5.75 Å². The fraction of sp³-hybridized carbons (Fsp3) is 0.409. The van der Waals surface area contributed by atoms with Crippen molar-refractivity contribution >= 4 is 29.0 Å². The largest absolute Gasteiger partial charge is 0.495 e. The van der Waals surface area contributed by atoms with Crippen LogP contribution in [0, 0.1) is 6.92 Å². The molecule has 1 heterocycles. The third-order valence-electron chi connectivity index (χ3n) is 5.11. The van der Waals surface area contributed by atoms with Crippen LogP contribution in [-0.4, -0.2) is 57.3 Å². The zero-order valence-corrected chi connectivity index (χ0v) is 17.8. The van der Waals surface area contributed by atoms with Crippen LogP contribution in [0.1, 0.15) is 12.0 Å². The quantitative estimate of drug-likeness (QED) is 0.670. The molecule has 0 bridgehead atoms. The van der Waals surface area contributed by atoms with Gasteiger partial charge in [-0.1, -0.05) is 29.8 Å². The SMILES string of the molecule is COc1ccccc1N1CCN(CCCNC(=O)Nc2ccc(C)cc2Cl)CC1. The van der Waals surface area contributed by atoms with Gasteiger partial charge in [-0.2, -0.15) is 0 Å². The average Bonchev–Trinajstić information content (AvgIpc) is 2.74. The lowest BCUT2D eigenvalue weighted by atomic mass is 10.2. The van der Waals surface area contributed by atoms with Crippen molar-refractivity contribution in [1.82, 2.24) is 10.2 Å². The highest BCUT2D eigenvalue weighted by Crippen LogP contribution is 2.28. The van der Waals surface area contributed by atoms with E-state index >= 15 is 0 Å². The molecule has 1 fully saturated rings. The van der Waals surface area contributed by atoms with Crippen molar-refractivity contribution in [2.45, 2.75) is 13.3 Å². The molecule has 1 aliphatic rings. The van der Waals surface area contributed by atoms with Crippen molar-refractivity contribution in [3.63, 3.8) is 0 Å². The van der Waals surface area contributed by atoms with E-state index in [1.807, 2.05) is 43.3 Å². The van der Waals surface area contributed by atoms with Gasteiger partial charge in [-0.3, -0.25) is 4.90 Å². The second-order valence-corrected chi connectivity index (χ2v) is 7.63. The zero-order valence-electron chi connectivity index (χ0n) is 17.1. The molecule has 0 unspecified atom stereocenters. The van der Waals surface area contributed by atoms with Gasteiger partial charge in [0.2, 0.25) is 0 Å². The number of carbonyl (C=O) groups is 1. The molecule has 2 aromatic rings. The Morgan fingerprint density at radius 3 is 2.62 bits per heavy atom. The number of para-hydroxylation sites is 2. The highest BCUT2D eigenvalue weighted by molar-refractivity contribution is 6.33. The fourth-order valence-electron chi connectivity index (χ4n) is 3.50. The molecule has 6 nitrogen and oxygen atoms in total. The first-order chi connectivity index (χ1) is 14.1. The summed E-state index contributed by atoms with van der Waals surface area (Å²) in [6, 6.07) is 13.5. The Labute approximate surface area is 177 Å². The molecular weight excluding hydrogens is 388 g/mol. The Morgan fingerprint density at radius 2 is 1.90 bits per heavy atom. The number of anilines is 2. The Kier molecular flexibility index (Phi) is 7.61. The maximum atomic E-state index is 12.0. The standard InChI is InChI=1S/C22H29ClN4O2/c1-17-8-9-19(18(23)16-17)25-22(28)24-10-5-11-26-12-14-27(15-13-26)20-6-3-4-7-21(20)29-2/h3-4,6-9,16H,5,10-15H2,1-2H3,(H2,24,25,28). The predicted octanol–water partition coefficient (Wildman–Crippen LogP) is 3.99. The van der Waals surface area contributed by atoms with Crippen molar-refractivity contribution in [1.29, 1.82) is 0 Å².